The number of hydrogen-bond acceptors (Lipinski definition) is 3. The molecule has 7 aromatic rings. The second-order valence-corrected chi connectivity index (χ2v) is 22.3. The van der Waals surface area contributed by atoms with Gasteiger partial charge in [0.2, 0.25) is 0 Å². The van der Waals surface area contributed by atoms with Gasteiger partial charge in [0, 0.05) is 39.6 Å². The third-order valence-electron chi connectivity index (χ3n) is 11.9. The first kappa shape index (κ1) is 43.1. The molecule has 1 heterocycles. The second kappa shape index (κ2) is 15.2. The third kappa shape index (κ3) is 8.62. The molecule has 0 N–H and O–H groups in total. The molecule has 0 aliphatic rings. The zero-order chi connectivity index (χ0) is 43.7. The molecule has 0 aliphatic heterocycles. The van der Waals surface area contributed by atoms with Gasteiger partial charge in [-0.05, 0) is 128 Å². The van der Waals surface area contributed by atoms with Gasteiger partial charge in [0.25, 0.3) is 0 Å². The molecule has 6 aromatic carbocycles. The highest BCUT2D eigenvalue weighted by Crippen LogP contribution is 2.50. The minimum Gasteiger partial charge on any atom is -0.456 e. The number of rotatable bonds is 6. The number of benzene rings is 6. The maximum Gasteiger partial charge on any atom is 0.137 e. The van der Waals surface area contributed by atoms with Crippen LogP contribution in [0.5, 0.6) is 0 Å². The van der Waals surface area contributed by atoms with Gasteiger partial charge in [-0.2, -0.15) is 0 Å². The summed E-state index contributed by atoms with van der Waals surface area (Å²) in [5.41, 5.74) is 13.7. The van der Waals surface area contributed by atoms with Crippen LogP contribution in [0.1, 0.15) is 132 Å². The van der Waals surface area contributed by atoms with Crippen LogP contribution in [-0.2, 0) is 27.1 Å². The van der Waals surface area contributed by atoms with Crippen molar-refractivity contribution in [2.24, 2.45) is 0 Å². The third-order valence-corrected chi connectivity index (χ3v) is 12.3. The summed E-state index contributed by atoms with van der Waals surface area (Å²) in [6.45, 7) is 34.0. The summed E-state index contributed by atoms with van der Waals surface area (Å²) in [5, 5.41) is 2.89. The summed E-state index contributed by atoms with van der Waals surface area (Å²) in [6, 6.07) is 44.7. The van der Waals surface area contributed by atoms with Crippen LogP contribution < -0.4 is 9.80 Å². The maximum atomic E-state index is 7.99. The van der Waals surface area contributed by atoms with E-state index in [1.807, 2.05) is 0 Å². The van der Waals surface area contributed by atoms with Gasteiger partial charge in [-0.1, -0.05) is 158 Å². The van der Waals surface area contributed by atoms with Crippen molar-refractivity contribution < 1.29 is 4.42 Å². The summed E-state index contributed by atoms with van der Waals surface area (Å²) in [6.07, 6.45) is 0. The van der Waals surface area contributed by atoms with E-state index in [0.717, 1.165) is 56.1 Å². The number of anilines is 6. The van der Waals surface area contributed by atoms with Crippen LogP contribution in [0.3, 0.4) is 0 Å². The smallest absolute Gasteiger partial charge is 0.137 e. The molecule has 0 saturated carbocycles. The van der Waals surface area contributed by atoms with Crippen molar-refractivity contribution >= 4 is 67.7 Å². The molecule has 0 saturated heterocycles. The molecule has 7 rings (SSSR count). The van der Waals surface area contributed by atoms with Crippen LogP contribution in [0.15, 0.2) is 126 Å². The van der Waals surface area contributed by atoms with E-state index in [-0.39, 0.29) is 27.1 Å². The molecule has 3 nitrogen and oxygen atoms in total. The van der Waals surface area contributed by atoms with Crippen LogP contribution >= 0.6 is 11.6 Å². The second-order valence-electron chi connectivity index (χ2n) is 21.9. The van der Waals surface area contributed by atoms with E-state index in [1.165, 1.54) is 27.8 Å². The Labute approximate surface area is 365 Å². The molecule has 0 bridgehead atoms. The van der Waals surface area contributed by atoms with E-state index in [4.69, 9.17) is 16.0 Å². The molecule has 0 fully saturated rings. The first-order valence-electron chi connectivity index (χ1n) is 21.5. The van der Waals surface area contributed by atoms with Gasteiger partial charge in [-0.15, -0.1) is 0 Å². The van der Waals surface area contributed by atoms with E-state index in [2.05, 4.69) is 235 Å². The molecular weight excluding hydrogens is 752 g/mol. The monoisotopic (exact) mass is 816 g/mol. The molecule has 0 unspecified atom stereocenters. The molecule has 60 heavy (non-hydrogen) atoms. The summed E-state index contributed by atoms with van der Waals surface area (Å²) < 4.78 is 6.65. The predicted molar refractivity (Wildman–Crippen MR) is 262 cm³/mol. The fourth-order valence-electron chi connectivity index (χ4n) is 7.91. The summed E-state index contributed by atoms with van der Waals surface area (Å²) >= 11 is 7.99. The van der Waals surface area contributed by atoms with Crippen molar-refractivity contribution in [3.63, 3.8) is 0 Å². The van der Waals surface area contributed by atoms with E-state index in [0.29, 0.717) is 5.02 Å². The molecule has 312 valence electrons. The molecule has 0 atom stereocenters. The van der Waals surface area contributed by atoms with Crippen molar-refractivity contribution in [1.82, 2.24) is 0 Å². The molecule has 4 heteroatoms. The Balaban J connectivity index is 1.52. The van der Waals surface area contributed by atoms with Crippen LogP contribution in [0.25, 0.3) is 21.9 Å². The van der Waals surface area contributed by atoms with Gasteiger partial charge in [0.15, 0.2) is 0 Å². The van der Waals surface area contributed by atoms with Crippen molar-refractivity contribution in [3.05, 3.63) is 154 Å². The normalized spacial score (nSPS) is 13.0. The molecule has 0 spiro atoms. The Morgan fingerprint density at radius 2 is 0.767 bits per heavy atom. The Kier molecular flexibility index (Phi) is 10.9. The molecular formula is C56H65ClN2O. The maximum absolute atomic E-state index is 7.99. The average molecular weight is 818 g/mol. The number of hydrogen-bond donors (Lipinski definition) is 0. The first-order chi connectivity index (χ1) is 27.8. The zero-order valence-corrected chi connectivity index (χ0v) is 39.5. The van der Waals surface area contributed by atoms with Gasteiger partial charge in [-0.25, -0.2) is 0 Å². The van der Waals surface area contributed by atoms with Crippen molar-refractivity contribution in [2.45, 2.75) is 131 Å². The van der Waals surface area contributed by atoms with E-state index in [1.54, 1.807) is 0 Å². The largest absolute Gasteiger partial charge is 0.456 e. The summed E-state index contributed by atoms with van der Waals surface area (Å²) in [5.74, 6) is 0. The molecule has 0 aliphatic carbocycles. The van der Waals surface area contributed by atoms with E-state index < -0.39 is 0 Å². The number of halogens is 1. The molecule has 1 aromatic heterocycles. The summed E-state index contributed by atoms with van der Waals surface area (Å²) in [7, 11) is 0. The van der Waals surface area contributed by atoms with Crippen LogP contribution in [0, 0.1) is 0 Å². The highest BCUT2D eigenvalue weighted by atomic mass is 35.5. The highest BCUT2D eigenvalue weighted by Gasteiger charge is 2.29. The van der Waals surface area contributed by atoms with Crippen LogP contribution in [-0.4, -0.2) is 0 Å². The van der Waals surface area contributed by atoms with Crippen molar-refractivity contribution in [2.75, 3.05) is 9.80 Å². The zero-order valence-electron chi connectivity index (χ0n) is 38.7. The number of fused-ring (bicyclic) bond motifs is 3. The number of furan rings is 1. The minimum atomic E-state index is -0.196. The van der Waals surface area contributed by atoms with Gasteiger partial charge in [0.05, 0.1) is 16.4 Å². The fraction of sp³-hybridized carbons (Fsp3) is 0.357. The minimum absolute atomic E-state index is 0.0204. The quantitative estimate of drug-likeness (QED) is 0.167. The lowest BCUT2D eigenvalue weighted by atomic mass is 9.85. The van der Waals surface area contributed by atoms with Gasteiger partial charge < -0.3 is 14.2 Å². The predicted octanol–water partition coefficient (Wildman–Crippen LogP) is 17.7. The molecule has 0 amide bonds. The summed E-state index contributed by atoms with van der Waals surface area (Å²) in [4.78, 5) is 4.66. The lowest BCUT2D eigenvalue weighted by Gasteiger charge is -2.34. The van der Waals surface area contributed by atoms with Crippen LogP contribution in [0.2, 0.25) is 5.02 Å². The van der Waals surface area contributed by atoms with E-state index in [9.17, 15) is 0 Å². The van der Waals surface area contributed by atoms with Gasteiger partial charge >= 0.3 is 0 Å². The SMILES string of the molecule is CC(C)(C)c1ccc(N(c2ccc(C(C)(C)C)cc2)c2cc(C(C)(C)C)cc(N(c3cccc(C(C)(C)C)c3)c3ccc4c(c3)oc3ccc(C(C)(C)C)cc34)c2Cl)cc1. The van der Waals surface area contributed by atoms with Crippen LogP contribution in [0.4, 0.5) is 34.1 Å². The van der Waals surface area contributed by atoms with Gasteiger partial charge in [-0.3, -0.25) is 0 Å². The van der Waals surface area contributed by atoms with Crippen molar-refractivity contribution in [1.29, 1.82) is 0 Å². The lowest BCUT2D eigenvalue weighted by Crippen LogP contribution is -2.19. The fourth-order valence-corrected chi connectivity index (χ4v) is 8.19. The number of nitrogens with zero attached hydrogens (tertiary/aromatic N) is 2. The van der Waals surface area contributed by atoms with Crippen molar-refractivity contribution in [3.8, 4) is 0 Å². The first-order valence-corrected chi connectivity index (χ1v) is 21.9. The Morgan fingerprint density at radius 1 is 0.350 bits per heavy atom. The molecule has 0 radical (unpaired) electrons. The Morgan fingerprint density at radius 3 is 1.25 bits per heavy atom. The topological polar surface area (TPSA) is 19.6 Å². The van der Waals surface area contributed by atoms with E-state index >= 15 is 0 Å². The highest BCUT2D eigenvalue weighted by molar-refractivity contribution is 6.36. The standard InChI is InChI=1S/C56H65ClN2O/c1-52(2,3)36-19-24-41(25-20-36)58(42-26-21-37(22-27-42)53(4,5)6)47-33-40(56(13,14)15)34-48(51(47)57)59(43-18-16-17-38(31-43)54(7,8)9)44-28-29-45-46-32-39(55(10,11)12)23-30-49(46)60-50(45)35-44/h16-35H,1-15H3. The average Bonchev–Trinajstić information content (AvgIpc) is 3.52. The lowest BCUT2D eigenvalue weighted by molar-refractivity contribution is 0.589. The Hall–Kier alpha value is -4.99. The van der Waals surface area contributed by atoms with Gasteiger partial charge in [0.1, 0.15) is 11.2 Å². The Bertz CT molecular complexity index is 2610.